The van der Waals surface area contributed by atoms with Gasteiger partial charge < -0.3 is 4.42 Å². The number of hydrogen-bond acceptors (Lipinski definition) is 7. The summed E-state index contributed by atoms with van der Waals surface area (Å²) in [7, 11) is 9.53. The van der Waals surface area contributed by atoms with Crippen molar-refractivity contribution in [2.75, 3.05) is 0 Å². The van der Waals surface area contributed by atoms with Crippen molar-refractivity contribution in [1.82, 2.24) is 0 Å². The number of nitro benzene ring substituents is 2. The van der Waals surface area contributed by atoms with Gasteiger partial charge in [0.25, 0.3) is 11.4 Å². The summed E-state index contributed by atoms with van der Waals surface area (Å²) in [5.74, 6) is 1.08. The Kier molecular flexibility index (Phi) is 9.55. The molecule has 3 rings (SSSR count). The zero-order valence-electron chi connectivity index (χ0n) is 16.7. The van der Waals surface area contributed by atoms with Crippen LogP contribution < -0.4 is 0 Å². The Morgan fingerprint density at radius 1 is 0.750 bits per heavy atom. The Labute approximate surface area is 197 Å². The Hall–Kier alpha value is -3.04. The van der Waals surface area contributed by atoms with Gasteiger partial charge in [-0.15, -0.1) is 0 Å². The van der Waals surface area contributed by atoms with Gasteiger partial charge >= 0.3 is 33.3 Å². The molecule has 0 amide bonds. The van der Waals surface area contributed by atoms with Crippen molar-refractivity contribution >= 4 is 54.4 Å². The first-order chi connectivity index (χ1) is 15.2. The summed E-state index contributed by atoms with van der Waals surface area (Å²) >= 11 is 0.194. The first-order valence-electron chi connectivity index (χ1n) is 8.80. The molecule has 0 saturated carbocycles. The van der Waals surface area contributed by atoms with E-state index in [0.717, 1.165) is 0 Å². The van der Waals surface area contributed by atoms with Crippen LogP contribution in [0.5, 0.6) is 0 Å². The summed E-state index contributed by atoms with van der Waals surface area (Å²) in [5.41, 5.74) is 2.35. The fourth-order valence-electron chi connectivity index (χ4n) is 2.52. The second kappa shape index (κ2) is 12.1. The quantitative estimate of drug-likeness (QED) is 0.154. The molecule has 0 bridgehead atoms. The Morgan fingerprint density at radius 3 is 1.34 bits per heavy atom. The van der Waals surface area contributed by atoms with Crippen molar-refractivity contribution in [2.24, 2.45) is 9.98 Å². The van der Waals surface area contributed by atoms with Crippen LogP contribution in [-0.2, 0) is 13.1 Å². The molecule has 1 aromatic heterocycles. The van der Waals surface area contributed by atoms with Crippen LogP contribution in [0.1, 0.15) is 25.4 Å². The van der Waals surface area contributed by atoms with Gasteiger partial charge in [-0.25, -0.2) is 9.98 Å². The van der Waals surface area contributed by atoms with Gasteiger partial charge in [0, 0.05) is 24.3 Å². The molecule has 2 aromatic carbocycles. The number of nitrogens with zero attached hydrogens (tertiary/aromatic N) is 4. The van der Waals surface area contributed by atoms with Crippen LogP contribution in [0.25, 0.3) is 0 Å². The molecule has 9 nitrogen and oxygen atoms in total. The van der Waals surface area contributed by atoms with Crippen molar-refractivity contribution in [2.45, 2.75) is 13.8 Å². The zero-order valence-corrected chi connectivity index (χ0v) is 19.3. The van der Waals surface area contributed by atoms with Gasteiger partial charge in [0.05, 0.1) is 32.6 Å². The molecule has 0 unspecified atom stereocenters. The Balaban J connectivity index is 0.00000114. The monoisotopic (exact) mass is 518 g/mol. The maximum atomic E-state index is 10.7. The number of furan rings is 1. The molecule has 0 aliphatic heterocycles. The van der Waals surface area contributed by atoms with Crippen molar-refractivity contribution in [3.63, 3.8) is 0 Å². The predicted molar refractivity (Wildman–Crippen MR) is 120 cm³/mol. The molecular weight excluding hydrogens is 503 g/mol. The van der Waals surface area contributed by atoms with Crippen LogP contribution in [-0.4, -0.2) is 21.3 Å². The van der Waals surface area contributed by atoms with E-state index in [2.05, 4.69) is 9.98 Å². The molecule has 32 heavy (non-hydrogen) atoms. The summed E-state index contributed by atoms with van der Waals surface area (Å²) in [5, 5.41) is 21.4. The maximum absolute atomic E-state index is 10.7. The van der Waals surface area contributed by atoms with E-state index >= 15 is 0 Å². The van der Waals surface area contributed by atoms with Gasteiger partial charge in [-0.1, -0.05) is 0 Å². The van der Waals surface area contributed by atoms with E-state index in [9.17, 15) is 20.2 Å². The van der Waals surface area contributed by atoms with Gasteiger partial charge in [-0.05, 0) is 50.2 Å². The molecule has 0 atom stereocenters. The summed E-state index contributed by atoms with van der Waals surface area (Å²) in [6.45, 7) is 3.54. The number of hydrogen-bond donors (Lipinski definition) is 0. The van der Waals surface area contributed by atoms with Gasteiger partial charge in [-0.2, -0.15) is 0 Å². The van der Waals surface area contributed by atoms with Crippen molar-refractivity contribution in [3.05, 3.63) is 92.4 Å². The number of nitro groups is 2. The third-order valence-corrected chi connectivity index (χ3v) is 4.03. The van der Waals surface area contributed by atoms with E-state index in [1.807, 2.05) is 0 Å². The van der Waals surface area contributed by atoms with Gasteiger partial charge in [0.15, 0.2) is 0 Å². The molecule has 0 N–H and O–H groups in total. The average molecular weight is 519 g/mol. The molecule has 0 radical (unpaired) electrons. The second-order valence-corrected chi connectivity index (χ2v) is 7.98. The minimum absolute atomic E-state index is 0.0000292. The van der Waals surface area contributed by atoms with Crippen molar-refractivity contribution < 1.29 is 27.4 Å². The molecule has 1 heterocycles. The first kappa shape index (κ1) is 25.2. The molecular formula is C20H16Cl2FeN4O5. The molecule has 0 spiro atoms. The fraction of sp³-hybridized carbons (Fsp3) is 0.100. The van der Waals surface area contributed by atoms with E-state index in [-0.39, 0.29) is 24.5 Å². The summed E-state index contributed by atoms with van der Waals surface area (Å²) in [6, 6.07) is 15.3. The standard InChI is InChI=1S/C20H16N4O5.2ClH.Fe/c1-13(21-15-3-7-17(8-4-15)23(25)26)19-11-12-20(29-19)14(2)22-16-5-9-18(10-6-16)24(27)28;;;/h3-12H,1-2H3;2*1H;/q;;;+2/p-2. The van der Waals surface area contributed by atoms with E-state index in [0.29, 0.717) is 34.3 Å². The van der Waals surface area contributed by atoms with Crippen molar-refractivity contribution in [3.8, 4) is 0 Å². The third-order valence-electron chi connectivity index (χ3n) is 4.03. The number of halogens is 2. The van der Waals surface area contributed by atoms with E-state index in [4.69, 9.17) is 24.6 Å². The SMILES string of the molecule is CC(=Nc1ccc([N+](=O)[O-])cc1)c1ccc(C(C)=Nc2ccc([N+](=O)[O-])cc2)o1.[Cl][Fe][Cl]. The normalized spacial score (nSPS) is 11.6. The molecule has 0 aliphatic rings. The molecule has 0 fully saturated rings. The molecule has 12 heteroatoms. The number of benzene rings is 2. The average Bonchev–Trinajstić information content (AvgIpc) is 3.26. The second-order valence-electron chi connectivity index (χ2n) is 6.16. The van der Waals surface area contributed by atoms with Crippen molar-refractivity contribution in [1.29, 1.82) is 0 Å². The van der Waals surface area contributed by atoms with Crippen LogP contribution in [0, 0.1) is 20.2 Å². The third kappa shape index (κ3) is 7.28. The number of rotatable bonds is 6. The van der Waals surface area contributed by atoms with Crippen LogP contribution in [0.2, 0.25) is 0 Å². The summed E-state index contributed by atoms with van der Waals surface area (Å²) < 4.78 is 5.80. The topological polar surface area (TPSA) is 124 Å². The number of non-ortho nitro benzene ring substituents is 2. The van der Waals surface area contributed by atoms with Crippen LogP contribution >= 0.6 is 20.2 Å². The zero-order chi connectivity index (χ0) is 23.7. The predicted octanol–water partition coefficient (Wildman–Crippen LogP) is 6.75. The Morgan fingerprint density at radius 2 is 1.06 bits per heavy atom. The van der Waals surface area contributed by atoms with Gasteiger partial charge in [-0.3, -0.25) is 20.2 Å². The minimum atomic E-state index is -0.466. The number of aliphatic imine (C=N–C) groups is 2. The summed E-state index contributed by atoms with van der Waals surface area (Å²) in [6.07, 6.45) is 0. The fourth-order valence-corrected chi connectivity index (χ4v) is 2.52. The first-order valence-corrected chi connectivity index (χ1v) is 11.8. The molecule has 3 aromatic rings. The van der Waals surface area contributed by atoms with Crippen LogP contribution in [0.15, 0.2) is 75.1 Å². The van der Waals surface area contributed by atoms with Crippen LogP contribution in [0.3, 0.4) is 0 Å². The molecule has 0 aliphatic carbocycles. The van der Waals surface area contributed by atoms with Gasteiger partial charge in [0.1, 0.15) is 11.5 Å². The van der Waals surface area contributed by atoms with E-state index in [1.165, 1.54) is 24.3 Å². The van der Waals surface area contributed by atoms with E-state index < -0.39 is 9.85 Å². The molecule has 0 saturated heterocycles. The summed E-state index contributed by atoms with van der Waals surface area (Å²) in [4.78, 5) is 29.3. The van der Waals surface area contributed by atoms with Gasteiger partial charge in [0.2, 0.25) is 0 Å². The molecule has 168 valence electrons. The van der Waals surface area contributed by atoms with E-state index in [1.54, 1.807) is 50.2 Å². The Bertz CT molecular complexity index is 1060. The van der Waals surface area contributed by atoms with Crippen LogP contribution in [0.4, 0.5) is 22.7 Å².